The molecule has 0 saturated heterocycles. The molecule has 3 rings (SSSR count). The molecule has 1 fully saturated rings. The Labute approximate surface area is 204 Å². The number of hydrogen-bond donors (Lipinski definition) is 0. The number of carbonyl (C=O) groups is 1. The molecular weight excluding hydrogens is 473 g/mol. The lowest BCUT2D eigenvalue weighted by atomic mass is 10.0. The van der Waals surface area contributed by atoms with Gasteiger partial charge in [-0.1, -0.05) is 99.9 Å². The third-order valence-corrected chi connectivity index (χ3v) is 47.7. The van der Waals surface area contributed by atoms with Gasteiger partial charge in [0.25, 0.3) is 0 Å². The largest absolute Gasteiger partial charge is 0.469 e. The molecule has 0 amide bonds. The van der Waals surface area contributed by atoms with Gasteiger partial charge in [0.1, 0.15) is 0 Å². The van der Waals surface area contributed by atoms with E-state index >= 15 is 0 Å². The zero-order chi connectivity index (χ0) is 24.9. The number of benzene rings is 2. The molecule has 0 aromatic heterocycles. The summed E-state index contributed by atoms with van der Waals surface area (Å²) in [4.78, 5) is 13.6. The van der Waals surface area contributed by atoms with Crippen LogP contribution < -0.4 is 0 Å². The normalized spacial score (nSPS) is 23.8. The highest BCUT2D eigenvalue weighted by molar-refractivity contribution is 7.68. The number of hydrogen-bond acceptors (Lipinski definition) is 3. The highest BCUT2D eigenvalue weighted by Gasteiger charge is 2.85. The van der Waals surface area contributed by atoms with Gasteiger partial charge in [-0.3, -0.25) is 4.79 Å². The molecule has 2 unspecified atom stereocenters. The van der Waals surface area contributed by atoms with Crippen LogP contribution in [0.2, 0.25) is 58.9 Å². The molecule has 0 bridgehead atoms. The van der Waals surface area contributed by atoms with Crippen molar-refractivity contribution < 1.29 is 13.6 Å². The van der Waals surface area contributed by atoms with Gasteiger partial charge in [0.05, 0.1) is 28.2 Å². The van der Waals surface area contributed by atoms with E-state index in [9.17, 15) is 4.79 Å². The number of esters is 1. The maximum atomic E-state index is 13.6. The molecule has 3 atom stereocenters. The summed E-state index contributed by atoms with van der Waals surface area (Å²) in [5.74, 6) is -0.191. The van der Waals surface area contributed by atoms with Gasteiger partial charge in [-0.05, 0) is 30.8 Å². The summed E-state index contributed by atoms with van der Waals surface area (Å²) in [5.41, 5.74) is 2.52. The zero-order valence-corrected chi connectivity index (χ0v) is 26.2. The first-order chi connectivity index (χ1) is 15.1. The minimum atomic E-state index is -2.54. The number of rotatable bonds is 8. The maximum absolute atomic E-state index is 13.6. The monoisotopic (exact) mass is 514 g/mol. The number of methoxy groups -OCH3 is 1. The molecule has 1 saturated carbocycles. The third-order valence-electron chi connectivity index (χ3n) is 7.22. The Bertz CT molecular complexity index is 961. The molecule has 0 N–H and O–H groups in total. The average molecular weight is 515 g/mol. The van der Waals surface area contributed by atoms with Gasteiger partial charge >= 0.3 is 5.97 Å². The quantitative estimate of drug-likeness (QED) is 0.291. The van der Waals surface area contributed by atoms with Crippen molar-refractivity contribution in [3.63, 3.8) is 0 Å². The Morgan fingerprint density at radius 3 is 1.61 bits per heavy atom. The Morgan fingerprint density at radius 2 is 1.21 bits per heavy atom. The van der Waals surface area contributed by atoms with Crippen molar-refractivity contribution in [1.82, 2.24) is 0 Å². The molecular formula is C26H42O3Si4. The Morgan fingerprint density at radius 1 is 0.758 bits per heavy atom. The Hall–Kier alpha value is -1.26. The van der Waals surface area contributed by atoms with Crippen molar-refractivity contribution in [3.8, 4) is 0 Å². The van der Waals surface area contributed by atoms with Crippen molar-refractivity contribution in [2.24, 2.45) is 5.92 Å². The van der Waals surface area contributed by atoms with Crippen LogP contribution in [-0.2, 0) is 18.7 Å². The van der Waals surface area contributed by atoms with Crippen LogP contribution in [0, 0.1) is 5.92 Å². The van der Waals surface area contributed by atoms with E-state index in [1.165, 1.54) is 11.1 Å². The highest BCUT2D eigenvalue weighted by Crippen LogP contribution is 2.73. The average Bonchev–Trinajstić information content (AvgIpc) is 3.41. The van der Waals surface area contributed by atoms with E-state index in [1.54, 1.807) is 7.11 Å². The van der Waals surface area contributed by atoms with Crippen LogP contribution in [-0.4, -0.2) is 43.9 Å². The predicted molar refractivity (Wildman–Crippen MR) is 150 cm³/mol. The summed E-state index contributed by atoms with van der Waals surface area (Å²) in [6.07, 6.45) is 0. The number of carbonyl (C=O) groups excluding carboxylic acids is 1. The second-order valence-corrected chi connectivity index (χ2v) is 43.5. The van der Waals surface area contributed by atoms with Crippen LogP contribution in [0.3, 0.4) is 0 Å². The summed E-state index contributed by atoms with van der Waals surface area (Å²) in [6, 6.07) is 21.5. The van der Waals surface area contributed by atoms with E-state index in [1.807, 2.05) is 0 Å². The van der Waals surface area contributed by atoms with E-state index < -0.39 is 30.9 Å². The van der Waals surface area contributed by atoms with Gasteiger partial charge in [0.15, 0.2) is 15.7 Å². The molecule has 2 aromatic carbocycles. The standard InChI is InChI=1S/C26H42O3Si4/c1-28-25(27)24-23(21-17-13-11-14-18-21)26(24,22-19-15-12-16-20-22)33(31(5,6)7,32(8,9)10)29-30(2,3)4/h11-20,23-24H,1-10H3/t23?,24?,26-/m0/s1. The summed E-state index contributed by atoms with van der Waals surface area (Å²) < 4.78 is 13.2. The van der Waals surface area contributed by atoms with Crippen LogP contribution in [0.15, 0.2) is 60.7 Å². The fourth-order valence-electron chi connectivity index (χ4n) is 6.88. The Balaban J connectivity index is 2.51. The molecule has 3 nitrogen and oxygen atoms in total. The molecule has 2 aromatic rings. The second-order valence-electron chi connectivity index (χ2n) is 12.5. The lowest BCUT2D eigenvalue weighted by molar-refractivity contribution is -0.142. The molecule has 0 spiro atoms. The van der Waals surface area contributed by atoms with E-state index in [0.29, 0.717) is 0 Å². The lowest BCUT2D eigenvalue weighted by Gasteiger charge is -2.58. The first kappa shape index (κ1) is 26.3. The predicted octanol–water partition coefficient (Wildman–Crippen LogP) is 6.68. The molecule has 0 heterocycles. The van der Waals surface area contributed by atoms with E-state index in [0.717, 1.165) is 0 Å². The second kappa shape index (κ2) is 8.75. The van der Waals surface area contributed by atoms with Crippen LogP contribution in [0.1, 0.15) is 17.0 Å². The number of ether oxygens (including phenoxy) is 1. The Kier molecular flexibility index (Phi) is 6.98. The van der Waals surface area contributed by atoms with Gasteiger partial charge in [-0.25, -0.2) is 0 Å². The van der Waals surface area contributed by atoms with Gasteiger partial charge in [0.2, 0.25) is 0 Å². The van der Waals surface area contributed by atoms with E-state index in [2.05, 4.69) is 120 Å². The first-order valence-corrected chi connectivity index (χ1v) is 26.4. The lowest BCUT2D eigenvalue weighted by Crippen LogP contribution is -2.82. The van der Waals surface area contributed by atoms with Crippen LogP contribution >= 0.6 is 0 Å². The topological polar surface area (TPSA) is 35.5 Å². The van der Waals surface area contributed by atoms with Crippen molar-refractivity contribution in [2.75, 3.05) is 7.11 Å². The molecule has 180 valence electrons. The van der Waals surface area contributed by atoms with Crippen molar-refractivity contribution >= 4 is 36.8 Å². The molecule has 1 aliphatic carbocycles. The van der Waals surface area contributed by atoms with E-state index in [4.69, 9.17) is 8.85 Å². The maximum Gasteiger partial charge on any atom is 0.310 e. The molecule has 33 heavy (non-hydrogen) atoms. The van der Waals surface area contributed by atoms with E-state index in [-0.39, 0.29) is 22.8 Å². The smallest absolute Gasteiger partial charge is 0.310 e. The van der Waals surface area contributed by atoms with Crippen LogP contribution in [0.5, 0.6) is 0 Å². The van der Waals surface area contributed by atoms with Crippen LogP contribution in [0.25, 0.3) is 0 Å². The molecule has 0 radical (unpaired) electrons. The summed E-state index contributed by atoms with van der Waals surface area (Å²) in [7, 11) is -6.75. The first-order valence-electron chi connectivity index (χ1n) is 12.0. The molecule has 7 heteroatoms. The van der Waals surface area contributed by atoms with Crippen LogP contribution in [0.4, 0.5) is 0 Å². The van der Waals surface area contributed by atoms with Crippen molar-refractivity contribution in [2.45, 2.75) is 69.9 Å². The van der Waals surface area contributed by atoms with Gasteiger partial charge in [0, 0.05) is 11.0 Å². The van der Waals surface area contributed by atoms with Crippen molar-refractivity contribution in [3.05, 3.63) is 71.8 Å². The van der Waals surface area contributed by atoms with Gasteiger partial charge < -0.3 is 8.85 Å². The van der Waals surface area contributed by atoms with Gasteiger partial charge in [-0.2, -0.15) is 0 Å². The minimum Gasteiger partial charge on any atom is -0.469 e. The summed E-state index contributed by atoms with van der Waals surface area (Å²) >= 11 is 0. The summed E-state index contributed by atoms with van der Waals surface area (Å²) in [5, 5.41) is -0.308. The van der Waals surface area contributed by atoms with Crippen molar-refractivity contribution in [1.29, 1.82) is 0 Å². The minimum absolute atomic E-state index is 0.0831. The fourth-order valence-corrected chi connectivity index (χ4v) is 68.6. The highest BCUT2D eigenvalue weighted by atomic mass is 29.7. The van der Waals surface area contributed by atoms with Gasteiger partial charge in [-0.15, -0.1) is 0 Å². The third kappa shape index (κ3) is 4.20. The summed E-state index contributed by atoms with van der Waals surface area (Å²) in [6.45, 7) is 22.1. The molecule has 0 aliphatic heterocycles. The SMILES string of the molecule is COC(=O)C1C(c2ccccc2)[C@]1(c1ccccc1)[Si](O[Si](C)(C)C)([Si](C)(C)C)[Si](C)(C)C. The fraction of sp³-hybridized carbons (Fsp3) is 0.500. The molecule has 1 aliphatic rings. The zero-order valence-electron chi connectivity index (χ0n) is 22.2.